The summed E-state index contributed by atoms with van der Waals surface area (Å²) in [5.74, 6) is -1.34. The van der Waals surface area contributed by atoms with Crippen molar-refractivity contribution in [3.05, 3.63) is 57.6 Å². The number of fused-ring (bicyclic) bond motifs is 2. The lowest BCUT2D eigenvalue weighted by Gasteiger charge is -2.32. The second-order valence-electron chi connectivity index (χ2n) is 6.81. The van der Waals surface area contributed by atoms with Crippen LogP contribution in [0.1, 0.15) is 29.3 Å². The molecule has 2 aliphatic heterocycles. The standard InChI is InChI=1S/C21H19Cl2NO5/c1-13(25)14-3-5-15(6-4-14)27-12-9-24-19-17(23)8-7-16(22)18(19)21(20(24)26)28-10-2-11-29-21/h3-8H,2,9-12H2,1H3. The quantitative estimate of drug-likeness (QED) is 0.658. The van der Waals surface area contributed by atoms with E-state index in [1.54, 1.807) is 36.4 Å². The van der Waals surface area contributed by atoms with Gasteiger partial charge in [-0.1, -0.05) is 23.2 Å². The summed E-state index contributed by atoms with van der Waals surface area (Å²) in [6, 6.07) is 10.1. The third-order valence-corrected chi connectivity index (χ3v) is 5.57. The van der Waals surface area contributed by atoms with Gasteiger partial charge < -0.3 is 19.1 Å². The van der Waals surface area contributed by atoms with Gasteiger partial charge in [0.25, 0.3) is 11.7 Å². The fourth-order valence-electron chi connectivity index (χ4n) is 3.56. The minimum atomic E-state index is -1.56. The Morgan fingerprint density at radius 3 is 2.41 bits per heavy atom. The van der Waals surface area contributed by atoms with E-state index in [0.29, 0.717) is 52.2 Å². The minimum absolute atomic E-state index is 0.0138. The number of anilines is 1. The molecule has 0 saturated carbocycles. The van der Waals surface area contributed by atoms with Crippen LogP contribution in [0.2, 0.25) is 10.0 Å². The maximum absolute atomic E-state index is 13.3. The highest BCUT2D eigenvalue weighted by molar-refractivity contribution is 6.38. The maximum atomic E-state index is 13.3. The molecule has 1 saturated heterocycles. The van der Waals surface area contributed by atoms with Gasteiger partial charge in [0, 0.05) is 5.56 Å². The van der Waals surface area contributed by atoms with E-state index < -0.39 is 5.79 Å². The van der Waals surface area contributed by atoms with Gasteiger partial charge in [-0.15, -0.1) is 0 Å². The number of benzene rings is 2. The van der Waals surface area contributed by atoms with E-state index in [9.17, 15) is 9.59 Å². The number of carbonyl (C=O) groups is 2. The summed E-state index contributed by atoms with van der Waals surface area (Å²) in [5.41, 5.74) is 1.54. The Kier molecular flexibility index (Phi) is 5.53. The molecule has 8 heteroatoms. The average molecular weight is 436 g/mol. The highest BCUT2D eigenvalue weighted by Crippen LogP contribution is 2.51. The maximum Gasteiger partial charge on any atom is 0.292 e. The molecule has 0 unspecified atom stereocenters. The van der Waals surface area contributed by atoms with E-state index in [-0.39, 0.29) is 24.8 Å². The fraction of sp³-hybridized carbons (Fsp3) is 0.333. The number of nitrogens with zero attached hydrogens (tertiary/aromatic N) is 1. The lowest BCUT2D eigenvalue weighted by atomic mass is 10.1. The summed E-state index contributed by atoms with van der Waals surface area (Å²) in [6.45, 7) is 2.73. The first-order chi connectivity index (χ1) is 13.9. The molecule has 0 bridgehead atoms. The molecule has 2 aromatic rings. The summed E-state index contributed by atoms with van der Waals surface area (Å²) in [7, 11) is 0. The second kappa shape index (κ2) is 7.95. The van der Waals surface area contributed by atoms with Crippen molar-refractivity contribution in [1.29, 1.82) is 0 Å². The van der Waals surface area contributed by atoms with Gasteiger partial charge in [0.05, 0.1) is 41.1 Å². The fourth-order valence-corrected chi connectivity index (χ4v) is 4.09. The van der Waals surface area contributed by atoms with Crippen molar-refractivity contribution >= 4 is 40.6 Å². The van der Waals surface area contributed by atoms with Gasteiger partial charge in [0.2, 0.25) is 0 Å². The summed E-state index contributed by atoms with van der Waals surface area (Å²) in [6.07, 6.45) is 0.696. The molecule has 0 atom stereocenters. The van der Waals surface area contributed by atoms with E-state index in [1.165, 1.54) is 11.8 Å². The molecule has 0 aromatic heterocycles. The molecule has 29 heavy (non-hydrogen) atoms. The number of ether oxygens (including phenoxy) is 3. The normalized spacial score (nSPS) is 17.5. The zero-order chi connectivity index (χ0) is 20.6. The molecule has 152 valence electrons. The predicted octanol–water partition coefficient (Wildman–Crippen LogP) is 4.21. The second-order valence-corrected chi connectivity index (χ2v) is 7.62. The van der Waals surface area contributed by atoms with Gasteiger partial charge in [-0.3, -0.25) is 9.59 Å². The van der Waals surface area contributed by atoms with E-state index in [0.717, 1.165) is 0 Å². The molecule has 1 spiro atoms. The van der Waals surface area contributed by atoms with E-state index >= 15 is 0 Å². The number of carbonyl (C=O) groups excluding carboxylic acids is 2. The lowest BCUT2D eigenvalue weighted by Crippen LogP contribution is -2.48. The SMILES string of the molecule is CC(=O)c1ccc(OCCN2C(=O)C3(OCCCO3)c3c(Cl)ccc(Cl)c32)cc1. The van der Waals surface area contributed by atoms with E-state index in [2.05, 4.69) is 0 Å². The number of hydrogen-bond acceptors (Lipinski definition) is 5. The van der Waals surface area contributed by atoms with Gasteiger partial charge in [-0.2, -0.15) is 0 Å². The van der Waals surface area contributed by atoms with Crippen LogP contribution in [0.3, 0.4) is 0 Å². The average Bonchev–Trinajstić information content (AvgIpc) is 2.95. The molecule has 4 rings (SSSR count). The summed E-state index contributed by atoms with van der Waals surface area (Å²) in [5, 5.41) is 0.751. The van der Waals surface area contributed by atoms with Crippen molar-refractivity contribution in [1.82, 2.24) is 0 Å². The van der Waals surface area contributed by atoms with Gasteiger partial charge in [-0.25, -0.2) is 0 Å². The Labute approximate surface area is 178 Å². The molecule has 2 heterocycles. The number of rotatable bonds is 5. The molecule has 1 amide bonds. The first kappa shape index (κ1) is 20.2. The number of halogens is 2. The zero-order valence-electron chi connectivity index (χ0n) is 15.7. The smallest absolute Gasteiger partial charge is 0.292 e. The third kappa shape index (κ3) is 3.51. The number of ketones is 1. The molecule has 0 aliphatic carbocycles. The third-order valence-electron chi connectivity index (χ3n) is 4.95. The minimum Gasteiger partial charge on any atom is -0.492 e. The molecule has 2 aromatic carbocycles. The van der Waals surface area contributed by atoms with Crippen molar-refractivity contribution in [3.63, 3.8) is 0 Å². The van der Waals surface area contributed by atoms with Crippen LogP contribution in [0.15, 0.2) is 36.4 Å². The number of hydrogen-bond donors (Lipinski definition) is 0. The van der Waals surface area contributed by atoms with Crippen LogP contribution >= 0.6 is 23.2 Å². The van der Waals surface area contributed by atoms with E-state index in [1.807, 2.05) is 0 Å². The van der Waals surface area contributed by atoms with Crippen molar-refractivity contribution in [2.75, 3.05) is 31.3 Å². The van der Waals surface area contributed by atoms with Gasteiger partial charge in [0.15, 0.2) is 5.78 Å². The van der Waals surface area contributed by atoms with Crippen molar-refractivity contribution in [3.8, 4) is 5.75 Å². The first-order valence-electron chi connectivity index (χ1n) is 9.26. The Hall–Kier alpha value is -2.12. The molecule has 0 radical (unpaired) electrons. The summed E-state index contributed by atoms with van der Waals surface area (Å²) >= 11 is 12.8. The summed E-state index contributed by atoms with van der Waals surface area (Å²) in [4.78, 5) is 26.1. The van der Waals surface area contributed by atoms with Crippen LogP contribution < -0.4 is 9.64 Å². The van der Waals surface area contributed by atoms with Gasteiger partial charge >= 0.3 is 0 Å². The monoisotopic (exact) mass is 435 g/mol. The lowest BCUT2D eigenvalue weighted by molar-refractivity contribution is -0.256. The molecule has 6 nitrogen and oxygen atoms in total. The van der Waals surface area contributed by atoms with Crippen molar-refractivity contribution in [2.24, 2.45) is 0 Å². The van der Waals surface area contributed by atoms with Crippen LogP contribution in [-0.4, -0.2) is 38.1 Å². The Bertz CT molecular complexity index is 954. The molecular formula is C21H19Cl2NO5. The topological polar surface area (TPSA) is 65.1 Å². The first-order valence-corrected chi connectivity index (χ1v) is 10.0. The van der Waals surface area contributed by atoms with Crippen LogP contribution in [0.5, 0.6) is 5.75 Å². The Morgan fingerprint density at radius 1 is 1.10 bits per heavy atom. The predicted molar refractivity (Wildman–Crippen MR) is 109 cm³/mol. The van der Waals surface area contributed by atoms with Crippen LogP contribution in [0, 0.1) is 0 Å². The highest BCUT2D eigenvalue weighted by Gasteiger charge is 2.56. The van der Waals surface area contributed by atoms with E-state index in [4.69, 9.17) is 37.4 Å². The summed E-state index contributed by atoms with van der Waals surface area (Å²) < 4.78 is 17.4. The Balaban J connectivity index is 1.56. The zero-order valence-corrected chi connectivity index (χ0v) is 17.3. The van der Waals surface area contributed by atoms with Crippen molar-refractivity contribution < 1.29 is 23.8 Å². The number of Topliss-reactive ketones (excluding diaryl/α,β-unsaturated/α-hetero) is 1. The molecule has 1 fully saturated rings. The number of amides is 1. The Morgan fingerprint density at radius 2 is 1.76 bits per heavy atom. The van der Waals surface area contributed by atoms with Crippen LogP contribution in [0.4, 0.5) is 5.69 Å². The van der Waals surface area contributed by atoms with Gasteiger partial charge in [-0.05, 0) is 49.7 Å². The largest absolute Gasteiger partial charge is 0.492 e. The van der Waals surface area contributed by atoms with Crippen LogP contribution in [-0.2, 0) is 20.1 Å². The highest BCUT2D eigenvalue weighted by atomic mass is 35.5. The molecular weight excluding hydrogens is 417 g/mol. The molecule has 0 N–H and O–H groups in total. The van der Waals surface area contributed by atoms with Crippen LogP contribution in [0.25, 0.3) is 0 Å². The van der Waals surface area contributed by atoms with Gasteiger partial charge in [0.1, 0.15) is 12.4 Å². The molecule has 2 aliphatic rings. The van der Waals surface area contributed by atoms with Crippen molar-refractivity contribution in [2.45, 2.75) is 19.1 Å².